The second kappa shape index (κ2) is 37.0. The van der Waals surface area contributed by atoms with E-state index in [1.807, 2.05) is 6.92 Å². The molecule has 0 spiro atoms. The van der Waals surface area contributed by atoms with Crippen LogP contribution in [0.1, 0.15) is 292 Å². The lowest BCUT2D eigenvalue weighted by molar-refractivity contribution is -0.168. The van der Waals surface area contributed by atoms with E-state index in [9.17, 15) is 24.0 Å². The predicted octanol–water partition coefficient (Wildman–Crippen LogP) is 17.6. The summed E-state index contributed by atoms with van der Waals surface area (Å²) in [5.74, 6) is 1.32. The van der Waals surface area contributed by atoms with Crippen LogP contribution in [0.4, 0.5) is 0 Å². The molecule has 0 aromatic carbocycles. The fraction of sp³-hybridized carbons (Fsp3) is 0.864. The monoisotopic (exact) mass is 1050 g/mol. The van der Waals surface area contributed by atoms with Crippen LogP contribution in [0.5, 0.6) is 0 Å². The maximum Gasteiger partial charge on any atom is 0.306 e. The molecule has 9 heteroatoms. The van der Waals surface area contributed by atoms with Crippen molar-refractivity contribution in [2.45, 2.75) is 304 Å². The highest BCUT2D eigenvalue weighted by Crippen LogP contribution is 2.67. The van der Waals surface area contributed by atoms with Gasteiger partial charge in [0.15, 0.2) is 6.10 Å². The summed E-state index contributed by atoms with van der Waals surface area (Å²) in [4.78, 5) is 65.0. The van der Waals surface area contributed by atoms with Crippen LogP contribution in [0.25, 0.3) is 0 Å². The quantitative estimate of drug-likeness (QED) is 0.0255. The number of ether oxygens (including phenoxy) is 4. The summed E-state index contributed by atoms with van der Waals surface area (Å²) in [5, 5.41) is 0. The fourth-order valence-corrected chi connectivity index (χ4v) is 14.4. The number of ketones is 1. The molecule has 0 saturated heterocycles. The summed E-state index contributed by atoms with van der Waals surface area (Å²) in [7, 11) is 0. The van der Waals surface area contributed by atoms with Crippen LogP contribution in [0.3, 0.4) is 0 Å². The smallest absolute Gasteiger partial charge is 0.306 e. The van der Waals surface area contributed by atoms with E-state index in [0.29, 0.717) is 29.5 Å². The SMILES string of the molecule is CCCCCCCC/C=C\CCCCCCCC(=O)OCC(COC(=O)CCCCCCC/C=C\CCCCCCCC)OC(=O)CC(C)CC(=O)O[C@H]1CC[C@@]2(C)[C@@H](CC[C@@H]3[C@@H]2CC[C@]2(C)[C@@H](C(C)=O)CC[C@@H]32)C1. The first-order valence-electron chi connectivity index (χ1n) is 31.8. The molecule has 430 valence electrons. The van der Waals surface area contributed by atoms with Gasteiger partial charge in [-0.1, -0.05) is 162 Å². The molecule has 9 nitrogen and oxygen atoms in total. The second-order valence-corrected chi connectivity index (χ2v) is 25.0. The minimum atomic E-state index is -0.929. The van der Waals surface area contributed by atoms with Gasteiger partial charge < -0.3 is 18.9 Å². The van der Waals surface area contributed by atoms with Gasteiger partial charge in [-0.25, -0.2) is 0 Å². The zero-order valence-electron chi connectivity index (χ0n) is 49.1. The lowest BCUT2D eigenvalue weighted by atomic mass is 9.44. The minimum absolute atomic E-state index is 0.00364. The molecule has 0 aliphatic heterocycles. The second-order valence-electron chi connectivity index (χ2n) is 25.0. The van der Waals surface area contributed by atoms with Gasteiger partial charge in [0.25, 0.3) is 0 Å². The number of carbonyl (C=O) groups is 5. The number of rotatable bonds is 41. The number of hydrogen-bond acceptors (Lipinski definition) is 9. The number of allylic oxidation sites excluding steroid dienone is 4. The van der Waals surface area contributed by atoms with Gasteiger partial charge in [0.2, 0.25) is 0 Å². The predicted molar refractivity (Wildman–Crippen MR) is 305 cm³/mol. The molecule has 0 aromatic rings. The Kier molecular flexibility index (Phi) is 31.8. The molecule has 0 heterocycles. The molecule has 0 bridgehead atoms. The van der Waals surface area contributed by atoms with Gasteiger partial charge in [-0.05, 0) is 169 Å². The molecule has 4 saturated carbocycles. The lowest BCUT2D eigenvalue weighted by Gasteiger charge is -2.61. The van der Waals surface area contributed by atoms with Crippen molar-refractivity contribution in [2.24, 2.45) is 46.3 Å². The van der Waals surface area contributed by atoms with Crippen molar-refractivity contribution in [3.63, 3.8) is 0 Å². The number of esters is 4. The number of unbranched alkanes of at least 4 members (excludes halogenated alkanes) is 22. The van der Waals surface area contributed by atoms with E-state index in [0.717, 1.165) is 116 Å². The van der Waals surface area contributed by atoms with E-state index in [1.54, 1.807) is 6.92 Å². The molecule has 4 aliphatic carbocycles. The highest BCUT2D eigenvalue weighted by Gasteiger charge is 2.61. The van der Waals surface area contributed by atoms with Crippen molar-refractivity contribution in [2.75, 3.05) is 13.2 Å². The third-order valence-corrected chi connectivity index (χ3v) is 18.9. The maximum atomic E-state index is 13.4. The zero-order valence-corrected chi connectivity index (χ0v) is 49.1. The summed E-state index contributed by atoms with van der Waals surface area (Å²) in [6.45, 7) is 12.7. The van der Waals surface area contributed by atoms with E-state index in [-0.39, 0.29) is 85.6 Å². The van der Waals surface area contributed by atoms with Gasteiger partial charge in [0.05, 0.1) is 0 Å². The van der Waals surface area contributed by atoms with Gasteiger partial charge in [0.1, 0.15) is 25.1 Å². The molecule has 9 atom stereocenters. The Bertz CT molecular complexity index is 1630. The van der Waals surface area contributed by atoms with Gasteiger partial charge in [0, 0.05) is 31.6 Å². The summed E-state index contributed by atoms with van der Waals surface area (Å²) < 4.78 is 23.2. The van der Waals surface area contributed by atoms with E-state index in [2.05, 4.69) is 52.0 Å². The number of fused-ring (bicyclic) bond motifs is 5. The fourth-order valence-electron chi connectivity index (χ4n) is 14.4. The Morgan fingerprint density at radius 3 is 1.47 bits per heavy atom. The number of carbonyl (C=O) groups excluding carboxylic acids is 5. The Morgan fingerprint density at radius 1 is 0.507 bits per heavy atom. The first-order chi connectivity index (χ1) is 36.3. The van der Waals surface area contributed by atoms with Crippen LogP contribution in [0, 0.1) is 46.3 Å². The van der Waals surface area contributed by atoms with Crippen LogP contribution in [-0.2, 0) is 42.9 Å². The molecular formula is C66H112O9. The first kappa shape index (κ1) is 64.6. The standard InChI is InChI=1S/C66H112O9/c1-7-9-11-13-15-17-19-21-23-25-27-29-31-33-35-37-61(68)72-50-56(51-73-62(69)38-36-34-32-30-28-26-24-22-20-18-16-14-12-10-8-2)75-64(71)48-52(3)47-63(70)74-55-43-45-65(5)54(49-55)39-40-57-59-42-41-58(53(4)67)66(59,6)46-44-60(57)65/h21-24,52,54-60H,7-20,25-51H2,1-6H3/b23-21-,24-22-/t52?,54-,55-,57-,58+,59-,60-,65-,66+/m0/s1. The largest absolute Gasteiger partial charge is 0.462 e. The third kappa shape index (κ3) is 23.9. The van der Waals surface area contributed by atoms with E-state index in [1.165, 1.54) is 109 Å². The number of Topliss-reactive ketones (excluding diaryl/α,β-unsaturated/α-hetero) is 1. The van der Waals surface area contributed by atoms with E-state index >= 15 is 0 Å². The summed E-state index contributed by atoms with van der Waals surface area (Å²) >= 11 is 0. The molecule has 0 amide bonds. The molecule has 0 radical (unpaired) electrons. The van der Waals surface area contributed by atoms with Crippen molar-refractivity contribution < 1.29 is 42.9 Å². The van der Waals surface area contributed by atoms with Gasteiger partial charge in [-0.2, -0.15) is 0 Å². The van der Waals surface area contributed by atoms with Crippen LogP contribution < -0.4 is 0 Å². The topological polar surface area (TPSA) is 122 Å². The average Bonchev–Trinajstić information content (AvgIpc) is 3.75. The molecule has 75 heavy (non-hydrogen) atoms. The highest BCUT2D eigenvalue weighted by atomic mass is 16.6. The zero-order chi connectivity index (χ0) is 54.2. The Balaban J connectivity index is 1.14. The number of hydrogen-bond donors (Lipinski definition) is 0. The molecular weight excluding hydrogens is 937 g/mol. The third-order valence-electron chi connectivity index (χ3n) is 18.9. The lowest BCUT2D eigenvalue weighted by Crippen LogP contribution is -2.54. The summed E-state index contributed by atoms with van der Waals surface area (Å²) in [6.07, 6.45) is 49.4. The Labute approximate surface area is 458 Å². The van der Waals surface area contributed by atoms with Crippen molar-refractivity contribution in [1.29, 1.82) is 0 Å². The van der Waals surface area contributed by atoms with Gasteiger partial charge in [-0.15, -0.1) is 0 Å². The van der Waals surface area contributed by atoms with Crippen LogP contribution in [-0.4, -0.2) is 55.1 Å². The molecule has 4 rings (SSSR count). The maximum absolute atomic E-state index is 13.4. The Morgan fingerprint density at radius 2 is 0.960 bits per heavy atom. The molecule has 1 unspecified atom stereocenters. The van der Waals surface area contributed by atoms with Crippen LogP contribution in [0.15, 0.2) is 24.3 Å². The first-order valence-corrected chi connectivity index (χ1v) is 31.8. The average molecular weight is 1050 g/mol. The van der Waals surface area contributed by atoms with Crippen molar-refractivity contribution in [3.05, 3.63) is 24.3 Å². The van der Waals surface area contributed by atoms with Crippen molar-refractivity contribution in [3.8, 4) is 0 Å². The van der Waals surface area contributed by atoms with Gasteiger partial charge in [-0.3, -0.25) is 24.0 Å². The van der Waals surface area contributed by atoms with E-state index < -0.39 is 12.1 Å². The van der Waals surface area contributed by atoms with Crippen molar-refractivity contribution in [1.82, 2.24) is 0 Å². The molecule has 4 fully saturated rings. The van der Waals surface area contributed by atoms with Crippen LogP contribution >= 0.6 is 0 Å². The summed E-state index contributed by atoms with van der Waals surface area (Å²) in [6, 6.07) is 0. The minimum Gasteiger partial charge on any atom is -0.462 e. The molecule has 4 aliphatic rings. The van der Waals surface area contributed by atoms with Gasteiger partial charge >= 0.3 is 23.9 Å². The van der Waals surface area contributed by atoms with Crippen molar-refractivity contribution >= 4 is 29.7 Å². The van der Waals surface area contributed by atoms with E-state index in [4.69, 9.17) is 18.9 Å². The summed E-state index contributed by atoms with van der Waals surface area (Å²) in [5.41, 5.74) is 0.394. The Hall–Kier alpha value is -2.97. The normalized spacial score (nSPS) is 25.7. The molecule has 0 aromatic heterocycles. The van der Waals surface area contributed by atoms with Crippen LogP contribution in [0.2, 0.25) is 0 Å². The molecule has 0 N–H and O–H groups in total. The highest BCUT2D eigenvalue weighted by molar-refractivity contribution is 5.79.